The SMILES string of the molecule is C=C1O[C@H](c2ccccc2)CN1Cc1ccc(-c2ccncc2)cc1. The zero-order valence-corrected chi connectivity index (χ0v) is 14.0. The second-order valence-corrected chi connectivity index (χ2v) is 6.22. The average Bonchev–Trinajstić information content (AvgIpc) is 3.04. The van der Waals surface area contributed by atoms with Gasteiger partial charge in [0.25, 0.3) is 0 Å². The first-order valence-electron chi connectivity index (χ1n) is 8.44. The Morgan fingerprint density at radius 2 is 1.60 bits per heavy atom. The molecule has 0 unspecified atom stereocenters. The highest BCUT2D eigenvalue weighted by Gasteiger charge is 2.27. The summed E-state index contributed by atoms with van der Waals surface area (Å²) in [7, 11) is 0. The summed E-state index contributed by atoms with van der Waals surface area (Å²) < 4.78 is 5.95. The van der Waals surface area contributed by atoms with Crippen molar-refractivity contribution in [2.45, 2.75) is 12.6 Å². The molecule has 4 rings (SSSR count). The lowest BCUT2D eigenvalue weighted by atomic mass is 10.0. The van der Waals surface area contributed by atoms with Crippen molar-refractivity contribution in [2.24, 2.45) is 0 Å². The van der Waals surface area contributed by atoms with Gasteiger partial charge in [-0.2, -0.15) is 0 Å². The molecule has 1 aliphatic heterocycles. The van der Waals surface area contributed by atoms with E-state index in [2.05, 4.69) is 52.9 Å². The maximum absolute atomic E-state index is 5.95. The maximum Gasteiger partial charge on any atom is 0.183 e. The monoisotopic (exact) mass is 328 g/mol. The van der Waals surface area contributed by atoms with Gasteiger partial charge in [-0.1, -0.05) is 54.6 Å². The van der Waals surface area contributed by atoms with E-state index in [1.54, 1.807) is 0 Å². The van der Waals surface area contributed by atoms with E-state index < -0.39 is 0 Å². The standard InChI is InChI=1S/C22H20N2O/c1-17-24(16-22(25-17)21-5-3-2-4-6-21)15-18-7-9-19(10-8-18)20-11-13-23-14-12-20/h2-14,22H,1,15-16H2/t22-/m0/s1. The molecular formula is C22H20N2O. The van der Waals surface area contributed by atoms with Crippen LogP contribution in [0.1, 0.15) is 17.2 Å². The third-order valence-electron chi connectivity index (χ3n) is 4.53. The minimum Gasteiger partial charge on any atom is -0.470 e. The molecule has 0 spiro atoms. The van der Waals surface area contributed by atoms with Crippen molar-refractivity contribution in [1.29, 1.82) is 0 Å². The first-order valence-corrected chi connectivity index (χ1v) is 8.44. The summed E-state index contributed by atoms with van der Waals surface area (Å²) in [5.41, 5.74) is 4.82. The van der Waals surface area contributed by atoms with Crippen LogP contribution >= 0.6 is 0 Å². The van der Waals surface area contributed by atoms with E-state index in [0.29, 0.717) is 0 Å². The molecule has 0 N–H and O–H groups in total. The summed E-state index contributed by atoms with van der Waals surface area (Å²) in [4.78, 5) is 6.26. The number of hydrogen-bond acceptors (Lipinski definition) is 3. The Labute approximate surface area is 148 Å². The summed E-state index contributed by atoms with van der Waals surface area (Å²) >= 11 is 0. The minimum atomic E-state index is 0.0600. The van der Waals surface area contributed by atoms with Crippen LogP contribution in [0.5, 0.6) is 0 Å². The quantitative estimate of drug-likeness (QED) is 0.688. The van der Waals surface area contributed by atoms with Gasteiger partial charge in [0.15, 0.2) is 5.88 Å². The summed E-state index contributed by atoms with van der Waals surface area (Å²) in [6.07, 6.45) is 3.70. The minimum absolute atomic E-state index is 0.0600. The summed E-state index contributed by atoms with van der Waals surface area (Å²) in [5.74, 6) is 0.743. The molecular weight excluding hydrogens is 308 g/mol. The Balaban J connectivity index is 1.45. The van der Waals surface area contributed by atoms with E-state index in [1.165, 1.54) is 22.3 Å². The van der Waals surface area contributed by atoms with E-state index in [0.717, 1.165) is 19.0 Å². The van der Waals surface area contributed by atoms with E-state index in [9.17, 15) is 0 Å². The van der Waals surface area contributed by atoms with Crippen LogP contribution in [0.3, 0.4) is 0 Å². The Morgan fingerprint density at radius 3 is 2.32 bits per heavy atom. The van der Waals surface area contributed by atoms with Crippen molar-refractivity contribution in [3.05, 3.63) is 103 Å². The highest BCUT2D eigenvalue weighted by Crippen LogP contribution is 2.31. The predicted octanol–water partition coefficient (Wildman–Crippen LogP) is 4.79. The van der Waals surface area contributed by atoms with Gasteiger partial charge in [0, 0.05) is 18.9 Å². The van der Waals surface area contributed by atoms with Crippen LogP contribution in [0.25, 0.3) is 11.1 Å². The van der Waals surface area contributed by atoms with Gasteiger partial charge in [-0.05, 0) is 41.0 Å². The zero-order valence-electron chi connectivity index (χ0n) is 14.0. The fourth-order valence-electron chi connectivity index (χ4n) is 3.14. The second kappa shape index (κ2) is 6.81. The van der Waals surface area contributed by atoms with Crippen LogP contribution in [0.15, 0.2) is 91.6 Å². The molecule has 0 radical (unpaired) electrons. The summed E-state index contributed by atoms with van der Waals surface area (Å²) in [6, 6.07) is 23.0. The Hall–Kier alpha value is -3.07. The molecule has 0 saturated carbocycles. The first-order chi connectivity index (χ1) is 12.3. The van der Waals surface area contributed by atoms with Gasteiger partial charge in [0.2, 0.25) is 0 Å². The largest absolute Gasteiger partial charge is 0.470 e. The van der Waals surface area contributed by atoms with Gasteiger partial charge in [0.1, 0.15) is 6.10 Å². The number of aromatic nitrogens is 1. The number of nitrogens with zero attached hydrogens (tertiary/aromatic N) is 2. The Morgan fingerprint density at radius 1 is 0.920 bits per heavy atom. The molecule has 3 heteroatoms. The molecule has 0 aliphatic carbocycles. The maximum atomic E-state index is 5.95. The van der Waals surface area contributed by atoms with Crippen molar-refractivity contribution >= 4 is 0 Å². The smallest absolute Gasteiger partial charge is 0.183 e. The molecule has 0 bridgehead atoms. The molecule has 1 atom stereocenters. The summed E-state index contributed by atoms with van der Waals surface area (Å²) in [6.45, 7) is 5.70. The molecule has 1 fully saturated rings. The first kappa shape index (κ1) is 15.5. The molecule has 3 aromatic rings. The van der Waals surface area contributed by atoms with Gasteiger partial charge in [-0.25, -0.2) is 0 Å². The number of pyridine rings is 1. The third-order valence-corrected chi connectivity index (χ3v) is 4.53. The molecule has 0 amide bonds. The van der Waals surface area contributed by atoms with Gasteiger partial charge in [0.05, 0.1) is 6.54 Å². The molecule has 2 heterocycles. The van der Waals surface area contributed by atoms with Crippen molar-refractivity contribution in [3.8, 4) is 11.1 Å². The van der Waals surface area contributed by atoms with Crippen molar-refractivity contribution in [1.82, 2.24) is 9.88 Å². The predicted molar refractivity (Wildman–Crippen MR) is 99.5 cm³/mol. The number of rotatable bonds is 4. The van der Waals surface area contributed by atoms with E-state index in [1.807, 2.05) is 42.7 Å². The molecule has 2 aromatic carbocycles. The van der Waals surface area contributed by atoms with Gasteiger partial charge in [-0.3, -0.25) is 4.98 Å². The molecule has 1 aromatic heterocycles. The molecule has 25 heavy (non-hydrogen) atoms. The van der Waals surface area contributed by atoms with Crippen LogP contribution in [-0.2, 0) is 11.3 Å². The van der Waals surface area contributed by atoms with Gasteiger partial charge < -0.3 is 9.64 Å². The van der Waals surface area contributed by atoms with Crippen molar-refractivity contribution in [3.63, 3.8) is 0 Å². The normalized spacial score (nSPS) is 16.7. The van der Waals surface area contributed by atoms with Crippen LogP contribution in [0, 0.1) is 0 Å². The Kier molecular flexibility index (Phi) is 4.21. The van der Waals surface area contributed by atoms with Gasteiger partial charge in [-0.15, -0.1) is 0 Å². The highest BCUT2D eigenvalue weighted by molar-refractivity contribution is 5.62. The number of benzene rings is 2. The molecule has 1 aliphatic rings. The zero-order chi connectivity index (χ0) is 17.1. The lowest BCUT2D eigenvalue weighted by Crippen LogP contribution is -2.18. The average molecular weight is 328 g/mol. The lowest BCUT2D eigenvalue weighted by Gasteiger charge is -2.16. The molecule has 1 saturated heterocycles. The molecule has 124 valence electrons. The van der Waals surface area contributed by atoms with Crippen LogP contribution in [-0.4, -0.2) is 16.4 Å². The third kappa shape index (κ3) is 3.41. The van der Waals surface area contributed by atoms with Crippen LogP contribution in [0.2, 0.25) is 0 Å². The topological polar surface area (TPSA) is 25.4 Å². The Bertz CT molecular complexity index is 844. The lowest BCUT2D eigenvalue weighted by molar-refractivity contribution is 0.163. The highest BCUT2D eigenvalue weighted by atomic mass is 16.5. The molecule has 3 nitrogen and oxygen atoms in total. The van der Waals surface area contributed by atoms with E-state index in [-0.39, 0.29) is 6.10 Å². The van der Waals surface area contributed by atoms with E-state index in [4.69, 9.17) is 4.74 Å². The summed E-state index contributed by atoms with van der Waals surface area (Å²) in [5, 5.41) is 0. The second-order valence-electron chi connectivity index (χ2n) is 6.22. The van der Waals surface area contributed by atoms with Crippen LogP contribution < -0.4 is 0 Å². The number of hydrogen-bond donors (Lipinski definition) is 0. The van der Waals surface area contributed by atoms with E-state index >= 15 is 0 Å². The van der Waals surface area contributed by atoms with Crippen molar-refractivity contribution in [2.75, 3.05) is 6.54 Å². The van der Waals surface area contributed by atoms with Gasteiger partial charge >= 0.3 is 0 Å². The fraction of sp³-hybridized carbons (Fsp3) is 0.136. The van der Waals surface area contributed by atoms with Crippen LogP contribution in [0.4, 0.5) is 0 Å². The number of ether oxygens (including phenoxy) is 1. The van der Waals surface area contributed by atoms with Crippen molar-refractivity contribution < 1.29 is 4.74 Å². The fourth-order valence-corrected chi connectivity index (χ4v) is 3.14.